The summed E-state index contributed by atoms with van der Waals surface area (Å²) in [6.07, 6.45) is 0.413. The lowest BCUT2D eigenvalue weighted by molar-refractivity contribution is -0.136. The molecule has 2 atom stereocenters. The molecule has 1 aromatic carbocycles. The molecule has 10 heteroatoms. The fourth-order valence-electron chi connectivity index (χ4n) is 3.14. The summed E-state index contributed by atoms with van der Waals surface area (Å²) in [5.74, 6) is -1.39. The second kappa shape index (κ2) is 10.1. The van der Waals surface area contributed by atoms with Crippen molar-refractivity contribution in [3.8, 4) is 0 Å². The molecule has 1 aromatic rings. The van der Waals surface area contributed by atoms with Gasteiger partial charge < -0.3 is 25.2 Å². The van der Waals surface area contributed by atoms with E-state index >= 15 is 0 Å². The molecular weight excluding hydrogens is 396 g/mol. The Balaban J connectivity index is 2.03. The molecule has 1 saturated heterocycles. The Morgan fingerprint density at radius 1 is 1.28 bits per heavy atom. The number of likely N-dealkylation sites (N-methyl/N-ethyl adjacent to an activating group) is 1. The minimum Gasteiger partial charge on any atom is -0.465 e. The van der Waals surface area contributed by atoms with Crippen LogP contribution >= 0.6 is 12.6 Å². The van der Waals surface area contributed by atoms with Gasteiger partial charge in [0.05, 0.1) is 24.9 Å². The van der Waals surface area contributed by atoms with E-state index in [4.69, 9.17) is 4.74 Å². The third-order valence-corrected chi connectivity index (χ3v) is 4.89. The second-order valence-corrected chi connectivity index (χ2v) is 7.40. The van der Waals surface area contributed by atoms with Crippen LogP contribution in [0, 0.1) is 0 Å². The van der Waals surface area contributed by atoms with Gasteiger partial charge in [0.15, 0.2) is 0 Å². The number of anilines is 1. The number of ether oxygens (including phenoxy) is 1. The summed E-state index contributed by atoms with van der Waals surface area (Å²) in [4.78, 5) is 52.0. The molecule has 0 aliphatic carbocycles. The average Bonchev–Trinajstić information content (AvgIpc) is 3.09. The van der Waals surface area contributed by atoms with Crippen molar-refractivity contribution in [2.24, 2.45) is 0 Å². The van der Waals surface area contributed by atoms with Crippen molar-refractivity contribution < 1.29 is 23.9 Å². The molecular formula is C19H26N4O5S. The summed E-state index contributed by atoms with van der Waals surface area (Å²) >= 11 is 4.40. The highest BCUT2D eigenvalue weighted by Crippen LogP contribution is 2.23. The van der Waals surface area contributed by atoms with E-state index in [1.807, 2.05) is 0 Å². The van der Waals surface area contributed by atoms with Gasteiger partial charge in [0, 0.05) is 25.4 Å². The van der Waals surface area contributed by atoms with E-state index in [-0.39, 0.29) is 29.3 Å². The minimum absolute atomic E-state index is 0.110. The predicted octanol–water partition coefficient (Wildman–Crippen LogP) is 0.972. The van der Waals surface area contributed by atoms with Gasteiger partial charge >= 0.3 is 12.0 Å². The Bertz CT molecular complexity index is 788. The summed E-state index contributed by atoms with van der Waals surface area (Å²) in [7, 11) is 2.75. The Morgan fingerprint density at radius 3 is 2.62 bits per heavy atom. The monoisotopic (exact) mass is 422 g/mol. The molecule has 0 bridgehead atoms. The fraction of sp³-hybridized carbons (Fsp3) is 0.474. The normalized spacial score (nSPS) is 18.1. The molecule has 158 valence electrons. The van der Waals surface area contributed by atoms with E-state index in [0.717, 1.165) is 0 Å². The van der Waals surface area contributed by atoms with Crippen LogP contribution in [0.4, 0.5) is 10.5 Å². The first-order valence-corrected chi connectivity index (χ1v) is 9.74. The van der Waals surface area contributed by atoms with Crippen LogP contribution in [0.25, 0.3) is 0 Å². The maximum atomic E-state index is 12.8. The van der Waals surface area contributed by atoms with Crippen molar-refractivity contribution in [3.05, 3.63) is 29.8 Å². The fourth-order valence-corrected chi connectivity index (χ4v) is 3.52. The topological polar surface area (TPSA) is 108 Å². The molecule has 0 aromatic heterocycles. The van der Waals surface area contributed by atoms with Crippen LogP contribution < -0.4 is 10.6 Å². The molecule has 2 N–H and O–H groups in total. The smallest absolute Gasteiger partial charge is 0.339 e. The van der Waals surface area contributed by atoms with Crippen LogP contribution in [0.5, 0.6) is 0 Å². The number of nitrogens with zero attached hydrogens (tertiary/aromatic N) is 2. The Labute approximate surface area is 175 Å². The van der Waals surface area contributed by atoms with Gasteiger partial charge in [-0.15, -0.1) is 0 Å². The van der Waals surface area contributed by atoms with Crippen molar-refractivity contribution >= 4 is 42.1 Å². The lowest BCUT2D eigenvalue weighted by atomic mass is 10.1. The molecule has 1 aliphatic heterocycles. The zero-order valence-electron chi connectivity index (χ0n) is 16.7. The van der Waals surface area contributed by atoms with E-state index in [9.17, 15) is 19.2 Å². The standard InChI is InChI=1S/C19H26N4O5S/c1-4-20-19(27)23-10-12(29)9-15(23)17(25)22(2)11-16(24)21-14-8-6-5-7-13(14)18(26)28-3/h5-8,12,15,29H,4,9-11H2,1-3H3,(H,20,27)(H,21,24). The second-order valence-electron chi connectivity index (χ2n) is 6.67. The first-order chi connectivity index (χ1) is 13.8. The molecule has 29 heavy (non-hydrogen) atoms. The van der Waals surface area contributed by atoms with Gasteiger partial charge in [-0.3, -0.25) is 9.59 Å². The molecule has 1 heterocycles. The number of carbonyl (C=O) groups is 4. The van der Waals surface area contributed by atoms with Crippen molar-refractivity contribution in [2.45, 2.75) is 24.6 Å². The summed E-state index contributed by atoms with van der Waals surface area (Å²) < 4.78 is 4.70. The molecule has 2 rings (SSSR count). The van der Waals surface area contributed by atoms with Crippen molar-refractivity contribution in [1.82, 2.24) is 15.1 Å². The van der Waals surface area contributed by atoms with E-state index < -0.39 is 17.9 Å². The number of esters is 1. The number of urea groups is 1. The van der Waals surface area contributed by atoms with Gasteiger partial charge in [-0.1, -0.05) is 12.1 Å². The van der Waals surface area contributed by atoms with E-state index in [2.05, 4.69) is 23.3 Å². The quantitative estimate of drug-likeness (QED) is 0.468. The molecule has 0 spiro atoms. The number of para-hydroxylation sites is 1. The summed E-state index contributed by atoms with van der Waals surface area (Å²) in [5.41, 5.74) is 0.513. The van der Waals surface area contributed by atoms with Crippen molar-refractivity contribution in [2.75, 3.05) is 39.1 Å². The van der Waals surface area contributed by atoms with E-state index in [0.29, 0.717) is 25.2 Å². The molecule has 4 amide bonds. The van der Waals surface area contributed by atoms with Crippen LogP contribution in [0.15, 0.2) is 24.3 Å². The third-order valence-electron chi connectivity index (χ3n) is 4.52. The van der Waals surface area contributed by atoms with Crippen LogP contribution in [0.2, 0.25) is 0 Å². The summed E-state index contributed by atoms with van der Waals surface area (Å²) in [5, 5.41) is 5.20. The third kappa shape index (κ3) is 5.63. The number of methoxy groups -OCH3 is 1. The van der Waals surface area contributed by atoms with Gasteiger partial charge in [0.2, 0.25) is 11.8 Å². The Morgan fingerprint density at radius 2 is 1.97 bits per heavy atom. The maximum absolute atomic E-state index is 12.8. The first kappa shape index (κ1) is 22.5. The molecule has 1 aliphatic rings. The summed E-state index contributed by atoms with van der Waals surface area (Å²) in [6, 6.07) is 5.43. The van der Waals surface area contributed by atoms with Crippen LogP contribution in [-0.4, -0.2) is 78.7 Å². The molecule has 2 unspecified atom stereocenters. The van der Waals surface area contributed by atoms with Gasteiger partial charge in [-0.2, -0.15) is 12.6 Å². The van der Waals surface area contributed by atoms with Gasteiger partial charge in [-0.05, 0) is 25.5 Å². The van der Waals surface area contributed by atoms with Gasteiger partial charge in [-0.25, -0.2) is 9.59 Å². The number of rotatable bonds is 6. The van der Waals surface area contributed by atoms with Crippen molar-refractivity contribution in [1.29, 1.82) is 0 Å². The molecule has 0 radical (unpaired) electrons. The molecule has 1 fully saturated rings. The zero-order valence-corrected chi connectivity index (χ0v) is 17.6. The number of carbonyl (C=O) groups excluding carboxylic acids is 4. The number of thiol groups is 1. The average molecular weight is 423 g/mol. The highest BCUT2D eigenvalue weighted by Gasteiger charge is 2.39. The number of hydrogen-bond acceptors (Lipinski definition) is 6. The zero-order chi connectivity index (χ0) is 21.6. The van der Waals surface area contributed by atoms with E-state index in [1.165, 1.54) is 30.0 Å². The number of nitrogens with one attached hydrogen (secondary N) is 2. The highest BCUT2D eigenvalue weighted by molar-refractivity contribution is 7.81. The van der Waals surface area contributed by atoms with Gasteiger partial charge in [0.1, 0.15) is 6.04 Å². The number of likely N-dealkylation sites (tertiary alicyclic amines) is 1. The highest BCUT2D eigenvalue weighted by atomic mass is 32.1. The maximum Gasteiger partial charge on any atom is 0.339 e. The molecule has 9 nitrogen and oxygen atoms in total. The summed E-state index contributed by atoms with van der Waals surface area (Å²) in [6.45, 7) is 2.38. The molecule has 0 saturated carbocycles. The lowest BCUT2D eigenvalue weighted by Gasteiger charge is -2.27. The Kier molecular flexibility index (Phi) is 7.89. The lowest BCUT2D eigenvalue weighted by Crippen LogP contribution is -2.51. The number of hydrogen-bond donors (Lipinski definition) is 3. The van der Waals surface area contributed by atoms with Crippen LogP contribution in [0.1, 0.15) is 23.7 Å². The predicted molar refractivity (Wildman–Crippen MR) is 111 cm³/mol. The number of benzene rings is 1. The SMILES string of the molecule is CCNC(=O)N1CC(S)CC1C(=O)N(C)CC(=O)Nc1ccccc1C(=O)OC. The Hall–Kier alpha value is -2.75. The largest absolute Gasteiger partial charge is 0.465 e. The van der Waals surface area contributed by atoms with Crippen LogP contribution in [0.3, 0.4) is 0 Å². The van der Waals surface area contributed by atoms with Gasteiger partial charge in [0.25, 0.3) is 0 Å². The minimum atomic E-state index is -0.677. The van der Waals surface area contributed by atoms with Crippen LogP contribution in [-0.2, 0) is 14.3 Å². The van der Waals surface area contributed by atoms with E-state index in [1.54, 1.807) is 25.1 Å². The van der Waals surface area contributed by atoms with Crippen molar-refractivity contribution in [3.63, 3.8) is 0 Å². The number of amides is 4. The first-order valence-electron chi connectivity index (χ1n) is 9.23.